The van der Waals surface area contributed by atoms with E-state index < -0.39 is 0 Å². The Bertz CT molecular complexity index is 1090. The van der Waals surface area contributed by atoms with Crippen molar-refractivity contribution in [3.05, 3.63) is 90.0 Å². The third-order valence-electron chi connectivity index (χ3n) is 4.89. The highest BCUT2D eigenvalue weighted by Gasteiger charge is 2.12. The average molecular weight is 405 g/mol. The first-order valence-electron chi connectivity index (χ1n) is 9.89. The number of aromatic nitrogens is 2. The van der Waals surface area contributed by atoms with Crippen LogP contribution in [0.2, 0.25) is 0 Å². The van der Waals surface area contributed by atoms with Gasteiger partial charge in [-0.15, -0.1) is 0 Å². The summed E-state index contributed by atoms with van der Waals surface area (Å²) in [6.07, 6.45) is 0. The number of ether oxygens (including phenoxy) is 2. The molecule has 0 saturated heterocycles. The minimum absolute atomic E-state index is 0.274. The maximum Gasteiger partial charge on any atom is 0.124 e. The van der Waals surface area contributed by atoms with Crippen LogP contribution in [0, 0.1) is 5.82 Å². The number of halogens is 1. The lowest BCUT2D eigenvalue weighted by Crippen LogP contribution is -2.18. The van der Waals surface area contributed by atoms with E-state index in [4.69, 9.17) is 14.5 Å². The number of benzene rings is 3. The summed E-state index contributed by atoms with van der Waals surface area (Å²) in [4.78, 5) is 4.81. The highest BCUT2D eigenvalue weighted by molar-refractivity contribution is 5.77. The molecule has 1 N–H and O–H groups in total. The summed E-state index contributed by atoms with van der Waals surface area (Å²) in [5, 5.41) is 3.47. The second-order valence-electron chi connectivity index (χ2n) is 6.93. The zero-order valence-corrected chi connectivity index (χ0v) is 16.8. The summed E-state index contributed by atoms with van der Waals surface area (Å²) in [7, 11) is 1.65. The van der Waals surface area contributed by atoms with Crippen LogP contribution in [0.1, 0.15) is 11.4 Å². The summed E-state index contributed by atoms with van der Waals surface area (Å²) in [5.74, 6) is 2.07. The monoisotopic (exact) mass is 405 g/mol. The van der Waals surface area contributed by atoms with Crippen molar-refractivity contribution in [1.82, 2.24) is 14.9 Å². The molecule has 0 fully saturated rings. The standard InChI is InChI=1S/C24H24FN3O2/c1-29-21-11-12-23-22(15-21)27-24(17-26-16-18-5-3-2-4-6-18)28(23)13-14-30-20-9-7-19(25)8-10-20/h2-12,15,26H,13-14,16-17H2,1H3. The number of nitrogens with one attached hydrogen (secondary N) is 1. The Morgan fingerprint density at radius 3 is 2.47 bits per heavy atom. The number of hydrogen-bond donors (Lipinski definition) is 1. The molecule has 0 radical (unpaired) electrons. The van der Waals surface area contributed by atoms with Crippen LogP contribution in [-0.4, -0.2) is 23.3 Å². The normalized spacial score (nSPS) is 11.0. The van der Waals surface area contributed by atoms with Gasteiger partial charge in [-0.25, -0.2) is 9.37 Å². The van der Waals surface area contributed by atoms with E-state index in [0.717, 1.165) is 29.2 Å². The lowest BCUT2D eigenvalue weighted by molar-refractivity contribution is 0.297. The Morgan fingerprint density at radius 2 is 1.70 bits per heavy atom. The maximum atomic E-state index is 13.1. The van der Waals surface area contributed by atoms with Gasteiger partial charge in [0, 0.05) is 12.6 Å². The fourth-order valence-electron chi connectivity index (χ4n) is 3.37. The molecule has 154 valence electrons. The van der Waals surface area contributed by atoms with E-state index >= 15 is 0 Å². The van der Waals surface area contributed by atoms with Crippen LogP contribution in [0.5, 0.6) is 11.5 Å². The van der Waals surface area contributed by atoms with E-state index in [0.29, 0.717) is 25.4 Å². The molecule has 0 amide bonds. The highest BCUT2D eigenvalue weighted by Crippen LogP contribution is 2.22. The molecule has 1 aromatic heterocycles. The van der Waals surface area contributed by atoms with Crippen molar-refractivity contribution >= 4 is 11.0 Å². The fraction of sp³-hybridized carbons (Fsp3) is 0.208. The third kappa shape index (κ3) is 4.78. The molecular formula is C24H24FN3O2. The largest absolute Gasteiger partial charge is 0.497 e. The lowest BCUT2D eigenvalue weighted by atomic mass is 10.2. The van der Waals surface area contributed by atoms with Gasteiger partial charge in [0.2, 0.25) is 0 Å². The van der Waals surface area contributed by atoms with Crippen molar-refractivity contribution in [1.29, 1.82) is 0 Å². The molecule has 3 aromatic carbocycles. The van der Waals surface area contributed by atoms with Crippen molar-refractivity contribution in [2.75, 3.05) is 13.7 Å². The van der Waals surface area contributed by atoms with Gasteiger partial charge in [-0.2, -0.15) is 0 Å². The van der Waals surface area contributed by atoms with Crippen LogP contribution in [0.15, 0.2) is 72.8 Å². The Kier molecular flexibility index (Phi) is 6.25. The molecule has 1 heterocycles. The molecule has 30 heavy (non-hydrogen) atoms. The molecule has 0 aliphatic heterocycles. The lowest BCUT2D eigenvalue weighted by Gasteiger charge is -2.12. The molecule has 0 unspecified atom stereocenters. The van der Waals surface area contributed by atoms with Crippen LogP contribution < -0.4 is 14.8 Å². The predicted molar refractivity (Wildman–Crippen MR) is 115 cm³/mol. The number of hydrogen-bond acceptors (Lipinski definition) is 4. The van der Waals surface area contributed by atoms with E-state index in [1.807, 2.05) is 36.4 Å². The van der Waals surface area contributed by atoms with Crippen molar-refractivity contribution in [3.8, 4) is 11.5 Å². The van der Waals surface area contributed by atoms with Gasteiger partial charge in [-0.3, -0.25) is 0 Å². The van der Waals surface area contributed by atoms with Gasteiger partial charge in [0.25, 0.3) is 0 Å². The van der Waals surface area contributed by atoms with Gasteiger partial charge in [-0.1, -0.05) is 30.3 Å². The predicted octanol–water partition coefficient (Wildman–Crippen LogP) is 4.55. The first-order chi connectivity index (χ1) is 14.7. The second kappa shape index (κ2) is 9.41. The van der Waals surface area contributed by atoms with E-state index in [1.54, 1.807) is 19.2 Å². The molecule has 0 saturated carbocycles. The van der Waals surface area contributed by atoms with Gasteiger partial charge < -0.3 is 19.4 Å². The van der Waals surface area contributed by atoms with E-state index in [2.05, 4.69) is 22.0 Å². The van der Waals surface area contributed by atoms with Gasteiger partial charge in [0.05, 0.1) is 31.2 Å². The molecule has 4 aromatic rings. The molecule has 0 atom stereocenters. The Balaban J connectivity index is 1.49. The summed E-state index contributed by atoms with van der Waals surface area (Å²) in [5.41, 5.74) is 3.13. The Labute approximate surface area is 175 Å². The smallest absolute Gasteiger partial charge is 0.124 e. The van der Waals surface area contributed by atoms with Crippen molar-refractivity contribution < 1.29 is 13.9 Å². The topological polar surface area (TPSA) is 48.3 Å². The molecule has 6 heteroatoms. The van der Waals surface area contributed by atoms with E-state index in [-0.39, 0.29) is 5.82 Å². The molecule has 5 nitrogen and oxygen atoms in total. The van der Waals surface area contributed by atoms with Gasteiger partial charge >= 0.3 is 0 Å². The molecular weight excluding hydrogens is 381 g/mol. The minimum atomic E-state index is -0.274. The molecule has 0 aliphatic rings. The number of nitrogens with zero attached hydrogens (tertiary/aromatic N) is 2. The second-order valence-corrected chi connectivity index (χ2v) is 6.93. The molecule has 4 rings (SSSR count). The average Bonchev–Trinajstić information content (AvgIpc) is 3.12. The summed E-state index contributed by atoms with van der Waals surface area (Å²) in [6, 6.07) is 22.2. The van der Waals surface area contributed by atoms with Gasteiger partial charge in [-0.05, 0) is 42.0 Å². The third-order valence-corrected chi connectivity index (χ3v) is 4.89. The molecule has 0 spiro atoms. The summed E-state index contributed by atoms with van der Waals surface area (Å²) in [6.45, 7) is 2.47. The van der Waals surface area contributed by atoms with Gasteiger partial charge in [0.1, 0.15) is 29.7 Å². The first kappa shape index (κ1) is 19.9. The van der Waals surface area contributed by atoms with E-state index in [9.17, 15) is 4.39 Å². The maximum absolute atomic E-state index is 13.1. The van der Waals surface area contributed by atoms with Crippen molar-refractivity contribution in [2.24, 2.45) is 0 Å². The van der Waals surface area contributed by atoms with Crippen LogP contribution in [-0.2, 0) is 19.6 Å². The van der Waals surface area contributed by atoms with Crippen LogP contribution >= 0.6 is 0 Å². The molecule has 0 aliphatic carbocycles. The summed E-state index contributed by atoms with van der Waals surface area (Å²) < 4.78 is 26.4. The summed E-state index contributed by atoms with van der Waals surface area (Å²) >= 11 is 0. The Hall–Kier alpha value is -3.38. The zero-order valence-electron chi connectivity index (χ0n) is 16.8. The van der Waals surface area contributed by atoms with Crippen molar-refractivity contribution in [2.45, 2.75) is 19.6 Å². The van der Waals surface area contributed by atoms with Crippen LogP contribution in [0.4, 0.5) is 4.39 Å². The number of rotatable bonds is 9. The van der Waals surface area contributed by atoms with Gasteiger partial charge in [0.15, 0.2) is 0 Å². The first-order valence-corrected chi connectivity index (χ1v) is 9.89. The number of fused-ring (bicyclic) bond motifs is 1. The fourth-order valence-corrected chi connectivity index (χ4v) is 3.37. The molecule has 0 bridgehead atoms. The van der Waals surface area contributed by atoms with Crippen molar-refractivity contribution in [3.63, 3.8) is 0 Å². The van der Waals surface area contributed by atoms with Crippen LogP contribution in [0.25, 0.3) is 11.0 Å². The van der Waals surface area contributed by atoms with E-state index in [1.165, 1.54) is 17.7 Å². The SMILES string of the molecule is COc1ccc2c(c1)nc(CNCc1ccccc1)n2CCOc1ccc(F)cc1. The quantitative estimate of drug-likeness (QED) is 0.444. The number of imidazole rings is 1. The van der Waals surface area contributed by atoms with Crippen LogP contribution in [0.3, 0.4) is 0 Å². The zero-order chi connectivity index (χ0) is 20.8. The Morgan fingerprint density at radius 1 is 0.933 bits per heavy atom. The minimum Gasteiger partial charge on any atom is -0.497 e. The number of methoxy groups -OCH3 is 1. The highest BCUT2D eigenvalue weighted by atomic mass is 19.1.